The van der Waals surface area contributed by atoms with Crippen LogP contribution >= 0.6 is 0 Å². The minimum absolute atomic E-state index is 0.175. The van der Waals surface area contributed by atoms with E-state index in [1.807, 2.05) is 12.1 Å². The van der Waals surface area contributed by atoms with Crippen LogP contribution in [0.5, 0.6) is 17.4 Å². The number of aromatic nitrogens is 3. The van der Waals surface area contributed by atoms with Crippen LogP contribution in [0.1, 0.15) is 35.2 Å². The molecule has 4 heterocycles. The van der Waals surface area contributed by atoms with E-state index in [-0.39, 0.29) is 6.10 Å². The Morgan fingerprint density at radius 1 is 1.09 bits per heavy atom. The highest BCUT2D eigenvalue weighted by Gasteiger charge is 2.23. The molecule has 0 atom stereocenters. The van der Waals surface area contributed by atoms with Crippen molar-refractivity contribution < 1.29 is 14.2 Å². The molecule has 0 aliphatic carbocycles. The number of anilines is 1. The third kappa shape index (κ3) is 5.22. The highest BCUT2D eigenvalue weighted by atomic mass is 16.5. The first-order valence-electron chi connectivity index (χ1n) is 11.9. The number of nitrogens with one attached hydrogen (secondary N) is 1. The predicted molar refractivity (Wildman–Crippen MR) is 130 cm³/mol. The second kappa shape index (κ2) is 10.3. The number of hydrogen-bond donors (Lipinski definition) is 1. The van der Waals surface area contributed by atoms with E-state index in [2.05, 4.69) is 56.6 Å². The van der Waals surface area contributed by atoms with Crippen LogP contribution in [0.4, 0.5) is 5.82 Å². The Morgan fingerprint density at radius 3 is 2.74 bits per heavy atom. The first-order chi connectivity index (χ1) is 16.7. The maximum atomic E-state index is 6.10. The number of pyridine rings is 1. The summed E-state index contributed by atoms with van der Waals surface area (Å²) in [5.74, 6) is 3.36. The summed E-state index contributed by atoms with van der Waals surface area (Å²) in [5.41, 5.74) is 4.67. The van der Waals surface area contributed by atoms with Gasteiger partial charge >= 0.3 is 0 Å². The summed E-state index contributed by atoms with van der Waals surface area (Å²) in [4.78, 5) is 6.51. The molecule has 0 radical (unpaired) electrons. The quantitative estimate of drug-likeness (QED) is 0.546. The van der Waals surface area contributed by atoms with E-state index in [9.17, 15) is 0 Å². The molecule has 0 bridgehead atoms. The molecule has 5 rings (SSSR count). The SMILES string of the molecule is COc1ccc(OC2CCN(c3nnc(CNCc4ccc5c(c4)CCO5)cc3C)CC2)cn1. The molecule has 2 aliphatic rings. The maximum Gasteiger partial charge on any atom is 0.213 e. The number of ether oxygens (including phenoxy) is 3. The number of piperidine rings is 1. The zero-order valence-corrected chi connectivity index (χ0v) is 19.8. The average Bonchev–Trinajstić information content (AvgIpc) is 3.33. The smallest absolute Gasteiger partial charge is 0.213 e. The topological polar surface area (TPSA) is 81.6 Å². The minimum atomic E-state index is 0.175. The molecule has 3 aromatic rings. The number of rotatable bonds is 8. The molecule has 0 saturated carbocycles. The van der Waals surface area contributed by atoms with Gasteiger partial charge in [0.1, 0.15) is 17.6 Å². The summed E-state index contributed by atoms with van der Waals surface area (Å²) < 4.78 is 16.8. The fourth-order valence-corrected chi connectivity index (χ4v) is 4.55. The van der Waals surface area contributed by atoms with Crippen molar-refractivity contribution in [3.63, 3.8) is 0 Å². The number of fused-ring (bicyclic) bond motifs is 1. The Bertz CT molecular complexity index is 1110. The number of methoxy groups -OCH3 is 1. The molecule has 1 aromatic carbocycles. The van der Waals surface area contributed by atoms with Crippen molar-refractivity contribution in [2.24, 2.45) is 0 Å². The van der Waals surface area contributed by atoms with Crippen molar-refractivity contribution in [1.82, 2.24) is 20.5 Å². The van der Waals surface area contributed by atoms with Crippen LogP contribution in [0, 0.1) is 6.92 Å². The summed E-state index contributed by atoms with van der Waals surface area (Å²) in [5, 5.41) is 12.5. The summed E-state index contributed by atoms with van der Waals surface area (Å²) >= 11 is 0. The normalized spacial score (nSPS) is 15.6. The van der Waals surface area contributed by atoms with E-state index < -0.39 is 0 Å². The first-order valence-corrected chi connectivity index (χ1v) is 11.9. The Kier molecular flexibility index (Phi) is 6.76. The zero-order valence-electron chi connectivity index (χ0n) is 19.8. The Morgan fingerprint density at radius 2 is 1.97 bits per heavy atom. The predicted octanol–water partition coefficient (Wildman–Crippen LogP) is 3.46. The van der Waals surface area contributed by atoms with E-state index in [1.54, 1.807) is 13.3 Å². The summed E-state index contributed by atoms with van der Waals surface area (Å²) in [7, 11) is 1.61. The molecule has 0 amide bonds. The number of nitrogens with zero attached hydrogens (tertiary/aromatic N) is 4. The standard InChI is InChI=1S/C26H31N5O3/c1-18-13-21(16-27-15-19-3-5-24-20(14-19)9-12-33-24)29-30-26(18)31-10-7-22(8-11-31)34-23-4-6-25(32-2)28-17-23/h3-6,13-14,17,22,27H,7-12,15-16H2,1-2H3. The minimum Gasteiger partial charge on any atom is -0.493 e. The first kappa shape index (κ1) is 22.4. The van der Waals surface area contributed by atoms with Gasteiger partial charge in [0.05, 0.1) is 25.6 Å². The van der Waals surface area contributed by atoms with Gasteiger partial charge in [0, 0.05) is 51.5 Å². The molecule has 2 aromatic heterocycles. The molecule has 0 unspecified atom stereocenters. The highest BCUT2D eigenvalue weighted by molar-refractivity contribution is 5.46. The third-order valence-corrected chi connectivity index (χ3v) is 6.36. The van der Waals surface area contributed by atoms with Crippen molar-refractivity contribution in [2.75, 3.05) is 31.7 Å². The summed E-state index contributed by atoms with van der Waals surface area (Å²) in [6, 6.07) is 12.3. The molecule has 34 heavy (non-hydrogen) atoms. The van der Waals surface area contributed by atoms with Crippen molar-refractivity contribution in [1.29, 1.82) is 0 Å². The molecule has 1 fully saturated rings. The largest absolute Gasteiger partial charge is 0.493 e. The van der Waals surface area contributed by atoms with E-state index in [4.69, 9.17) is 14.2 Å². The Labute approximate surface area is 200 Å². The van der Waals surface area contributed by atoms with E-state index >= 15 is 0 Å². The van der Waals surface area contributed by atoms with Gasteiger partial charge in [-0.25, -0.2) is 4.98 Å². The van der Waals surface area contributed by atoms with Crippen molar-refractivity contribution in [3.8, 4) is 17.4 Å². The maximum absolute atomic E-state index is 6.10. The summed E-state index contributed by atoms with van der Waals surface area (Å²) in [6.45, 7) is 6.17. The molecule has 0 spiro atoms. The van der Waals surface area contributed by atoms with Gasteiger partial charge < -0.3 is 24.4 Å². The molecular formula is C26H31N5O3. The molecule has 178 valence electrons. The van der Waals surface area contributed by atoms with Crippen LogP contribution in [0.2, 0.25) is 0 Å². The van der Waals surface area contributed by atoms with Crippen LogP contribution in [-0.2, 0) is 19.5 Å². The lowest BCUT2D eigenvalue weighted by atomic mass is 10.1. The Balaban J connectivity index is 1.10. The van der Waals surface area contributed by atoms with Gasteiger partial charge in [-0.15, -0.1) is 5.10 Å². The second-order valence-corrected chi connectivity index (χ2v) is 8.83. The van der Waals surface area contributed by atoms with Crippen LogP contribution in [0.25, 0.3) is 0 Å². The molecule has 1 saturated heterocycles. The van der Waals surface area contributed by atoms with Crippen LogP contribution in [0.3, 0.4) is 0 Å². The van der Waals surface area contributed by atoms with Gasteiger partial charge in [-0.1, -0.05) is 12.1 Å². The van der Waals surface area contributed by atoms with Crippen molar-refractivity contribution >= 4 is 5.82 Å². The van der Waals surface area contributed by atoms with Gasteiger partial charge in [-0.2, -0.15) is 5.10 Å². The monoisotopic (exact) mass is 461 g/mol. The molecular weight excluding hydrogens is 430 g/mol. The van der Waals surface area contributed by atoms with E-state index in [0.717, 1.165) is 74.1 Å². The number of aryl methyl sites for hydroxylation is 1. The number of benzene rings is 1. The van der Waals surface area contributed by atoms with E-state index in [0.29, 0.717) is 12.4 Å². The fourth-order valence-electron chi connectivity index (χ4n) is 4.55. The van der Waals surface area contributed by atoms with Gasteiger partial charge in [0.2, 0.25) is 5.88 Å². The van der Waals surface area contributed by atoms with Gasteiger partial charge in [0.25, 0.3) is 0 Å². The lowest BCUT2D eigenvalue weighted by Gasteiger charge is -2.33. The van der Waals surface area contributed by atoms with Crippen LogP contribution in [0.15, 0.2) is 42.6 Å². The molecule has 1 N–H and O–H groups in total. The highest BCUT2D eigenvalue weighted by Crippen LogP contribution is 2.26. The summed E-state index contributed by atoms with van der Waals surface area (Å²) in [6.07, 6.45) is 4.75. The lowest BCUT2D eigenvalue weighted by Crippen LogP contribution is -2.39. The Hall–Kier alpha value is -3.39. The third-order valence-electron chi connectivity index (χ3n) is 6.36. The lowest BCUT2D eigenvalue weighted by molar-refractivity contribution is 0.169. The number of hydrogen-bond acceptors (Lipinski definition) is 8. The van der Waals surface area contributed by atoms with Crippen molar-refractivity contribution in [3.05, 3.63) is 65.0 Å². The van der Waals surface area contributed by atoms with Gasteiger partial charge in [-0.05, 0) is 41.8 Å². The van der Waals surface area contributed by atoms with Crippen molar-refractivity contribution in [2.45, 2.75) is 45.4 Å². The fraction of sp³-hybridized carbons (Fsp3) is 0.423. The molecule has 2 aliphatic heterocycles. The molecule has 8 heteroatoms. The van der Waals surface area contributed by atoms with Crippen LogP contribution in [-0.4, -0.2) is 48.1 Å². The van der Waals surface area contributed by atoms with Gasteiger partial charge in [0.15, 0.2) is 5.82 Å². The molecule has 8 nitrogen and oxygen atoms in total. The van der Waals surface area contributed by atoms with E-state index in [1.165, 1.54) is 11.1 Å². The van der Waals surface area contributed by atoms with Crippen LogP contribution < -0.4 is 24.4 Å². The zero-order chi connectivity index (χ0) is 23.3. The average molecular weight is 462 g/mol. The second-order valence-electron chi connectivity index (χ2n) is 8.83. The van der Waals surface area contributed by atoms with Gasteiger partial charge in [-0.3, -0.25) is 0 Å².